The second-order valence-electron chi connectivity index (χ2n) is 6.32. The van der Waals surface area contributed by atoms with E-state index in [-0.39, 0.29) is 11.7 Å². The monoisotopic (exact) mass is 341 g/mol. The molecular formula is C17H19N5O3. The lowest BCUT2D eigenvalue weighted by Gasteiger charge is -2.35. The number of nitrogens with one attached hydrogen (secondary N) is 1. The van der Waals surface area contributed by atoms with Crippen LogP contribution in [0.1, 0.15) is 18.2 Å². The summed E-state index contributed by atoms with van der Waals surface area (Å²) in [5.74, 6) is 1.55. The van der Waals surface area contributed by atoms with E-state index in [2.05, 4.69) is 22.1 Å². The topological polar surface area (TPSA) is 93.4 Å². The zero-order chi connectivity index (χ0) is 17.4. The number of hydrogen-bond acceptors (Lipinski definition) is 7. The second kappa shape index (κ2) is 6.38. The molecule has 1 atom stereocenters. The highest BCUT2D eigenvalue weighted by Crippen LogP contribution is 2.30. The van der Waals surface area contributed by atoms with E-state index in [1.165, 1.54) is 12.1 Å². The van der Waals surface area contributed by atoms with Crippen molar-refractivity contribution in [1.29, 1.82) is 0 Å². The fraction of sp³-hybridized carbons (Fsp3) is 0.412. The quantitative estimate of drug-likeness (QED) is 0.673. The second-order valence-corrected chi connectivity index (χ2v) is 6.32. The minimum atomic E-state index is -0.405. The van der Waals surface area contributed by atoms with Crippen LogP contribution in [0, 0.1) is 10.1 Å². The van der Waals surface area contributed by atoms with E-state index < -0.39 is 4.92 Å². The Bertz CT molecular complexity index is 809. The molecule has 2 aliphatic rings. The molecule has 0 amide bonds. The van der Waals surface area contributed by atoms with Crippen molar-refractivity contribution in [2.45, 2.75) is 26.1 Å². The standard InChI is InChI=1S/C17H19N5O3/c1-11-10-25-7-6-21(11)17-14-8-18-9-15(14)19-16(20-17)12-2-4-13(5-3-12)22(23)24/h2-5,11,18H,6-10H2,1H3. The maximum Gasteiger partial charge on any atom is 0.269 e. The van der Waals surface area contributed by atoms with Crippen molar-refractivity contribution >= 4 is 11.5 Å². The number of hydrogen-bond donors (Lipinski definition) is 1. The molecule has 1 aromatic heterocycles. The summed E-state index contributed by atoms with van der Waals surface area (Å²) in [5, 5.41) is 14.2. The molecular weight excluding hydrogens is 322 g/mol. The first kappa shape index (κ1) is 15.9. The van der Waals surface area contributed by atoms with Gasteiger partial charge in [0.1, 0.15) is 5.82 Å². The zero-order valence-corrected chi connectivity index (χ0v) is 13.9. The zero-order valence-electron chi connectivity index (χ0n) is 13.9. The average molecular weight is 341 g/mol. The van der Waals surface area contributed by atoms with Gasteiger partial charge in [0.25, 0.3) is 5.69 Å². The predicted molar refractivity (Wildman–Crippen MR) is 92.3 cm³/mol. The minimum Gasteiger partial charge on any atom is -0.377 e. The highest BCUT2D eigenvalue weighted by atomic mass is 16.6. The molecule has 1 aromatic carbocycles. The first-order valence-corrected chi connectivity index (χ1v) is 8.33. The van der Waals surface area contributed by atoms with E-state index >= 15 is 0 Å². The predicted octanol–water partition coefficient (Wildman–Crippen LogP) is 1.88. The van der Waals surface area contributed by atoms with Crippen LogP contribution >= 0.6 is 0 Å². The third-order valence-corrected chi connectivity index (χ3v) is 4.64. The maximum atomic E-state index is 10.8. The van der Waals surface area contributed by atoms with Crippen LogP contribution in [0.3, 0.4) is 0 Å². The fourth-order valence-corrected chi connectivity index (χ4v) is 3.29. The largest absolute Gasteiger partial charge is 0.377 e. The molecule has 2 aliphatic heterocycles. The minimum absolute atomic E-state index is 0.0635. The van der Waals surface area contributed by atoms with E-state index in [4.69, 9.17) is 9.72 Å². The Kier molecular flexibility index (Phi) is 4.06. The van der Waals surface area contributed by atoms with E-state index in [9.17, 15) is 10.1 Å². The number of aromatic nitrogens is 2. The van der Waals surface area contributed by atoms with Crippen LogP contribution in [-0.4, -0.2) is 40.7 Å². The molecule has 2 aromatic rings. The molecule has 8 heteroatoms. The van der Waals surface area contributed by atoms with Gasteiger partial charge in [0.05, 0.1) is 29.9 Å². The van der Waals surface area contributed by atoms with Crippen LogP contribution in [0.25, 0.3) is 11.4 Å². The molecule has 1 N–H and O–H groups in total. The van der Waals surface area contributed by atoms with Gasteiger partial charge in [0, 0.05) is 42.9 Å². The van der Waals surface area contributed by atoms with Crippen molar-refractivity contribution in [1.82, 2.24) is 15.3 Å². The summed E-state index contributed by atoms with van der Waals surface area (Å²) < 4.78 is 5.54. The van der Waals surface area contributed by atoms with Gasteiger partial charge in [-0.3, -0.25) is 10.1 Å². The molecule has 4 rings (SSSR count). The lowest BCUT2D eigenvalue weighted by molar-refractivity contribution is -0.384. The molecule has 8 nitrogen and oxygen atoms in total. The molecule has 0 saturated carbocycles. The average Bonchev–Trinajstić information content (AvgIpc) is 3.10. The number of fused-ring (bicyclic) bond motifs is 1. The van der Waals surface area contributed by atoms with Crippen LogP contribution < -0.4 is 10.2 Å². The molecule has 3 heterocycles. The molecule has 25 heavy (non-hydrogen) atoms. The highest BCUT2D eigenvalue weighted by molar-refractivity contribution is 5.63. The number of nitro groups is 1. The van der Waals surface area contributed by atoms with Gasteiger partial charge in [-0.25, -0.2) is 9.97 Å². The molecule has 0 spiro atoms. The highest BCUT2D eigenvalue weighted by Gasteiger charge is 2.27. The lowest BCUT2D eigenvalue weighted by Crippen LogP contribution is -2.44. The van der Waals surface area contributed by atoms with Crippen molar-refractivity contribution in [3.8, 4) is 11.4 Å². The van der Waals surface area contributed by atoms with E-state index in [0.29, 0.717) is 25.6 Å². The number of anilines is 1. The third-order valence-electron chi connectivity index (χ3n) is 4.64. The van der Waals surface area contributed by atoms with Crippen molar-refractivity contribution < 1.29 is 9.66 Å². The number of rotatable bonds is 3. The van der Waals surface area contributed by atoms with Crippen LogP contribution in [-0.2, 0) is 17.8 Å². The van der Waals surface area contributed by atoms with Crippen LogP contribution in [0.5, 0.6) is 0 Å². The molecule has 130 valence electrons. The van der Waals surface area contributed by atoms with Gasteiger partial charge in [0.2, 0.25) is 0 Å². The normalized spacial score (nSPS) is 19.7. The lowest BCUT2D eigenvalue weighted by atomic mass is 10.1. The smallest absolute Gasteiger partial charge is 0.269 e. The summed E-state index contributed by atoms with van der Waals surface area (Å²) in [7, 11) is 0. The molecule has 0 bridgehead atoms. The van der Waals surface area contributed by atoms with Crippen LogP contribution in [0.15, 0.2) is 24.3 Å². The number of benzene rings is 1. The molecule has 0 aliphatic carbocycles. The van der Waals surface area contributed by atoms with Crippen LogP contribution in [0.2, 0.25) is 0 Å². The third kappa shape index (κ3) is 2.94. The van der Waals surface area contributed by atoms with E-state index in [0.717, 1.165) is 35.7 Å². The Morgan fingerprint density at radius 1 is 1.28 bits per heavy atom. The Morgan fingerprint density at radius 2 is 2.08 bits per heavy atom. The Morgan fingerprint density at radius 3 is 2.80 bits per heavy atom. The number of morpholine rings is 1. The Labute approximate surface area is 145 Å². The number of nitro benzene ring substituents is 1. The van der Waals surface area contributed by atoms with Gasteiger partial charge >= 0.3 is 0 Å². The summed E-state index contributed by atoms with van der Waals surface area (Å²) in [5.41, 5.74) is 2.98. The van der Waals surface area contributed by atoms with E-state index in [1.54, 1.807) is 12.1 Å². The van der Waals surface area contributed by atoms with Gasteiger partial charge in [-0.15, -0.1) is 0 Å². The summed E-state index contributed by atoms with van der Waals surface area (Å²) in [6.45, 7) is 5.76. The number of nitrogens with zero attached hydrogens (tertiary/aromatic N) is 4. The van der Waals surface area contributed by atoms with Crippen molar-refractivity contribution in [2.75, 3.05) is 24.7 Å². The SMILES string of the molecule is CC1COCCN1c1nc(-c2ccc([N+](=O)[O-])cc2)nc2c1CNC2. The first-order valence-electron chi connectivity index (χ1n) is 8.33. The molecule has 1 fully saturated rings. The van der Waals surface area contributed by atoms with E-state index in [1.807, 2.05) is 0 Å². The molecule has 1 saturated heterocycles. The molecule has 0 radical (unpaired) electrons. The van der Waals surface area contributed by atoms with Gasteiger partial charge in [-0.2, -0.15) is 0 Å². The Hall–Kier alpha value is -2.58. The van der Waals surface area contributed by atoms with Gasteiger partial charge < -0.3 is 15.0 Å². The van der Waals surface area contributed by atoms with Crippen molar-refractivity contribution in [3.63, 3.8) is 0 Å². The molecule has 1 unspecified atom stereocenters. The number of ether oxygens (including phenoxy) is 1. The first-order chi connectivity index (χ1) is 12.1. The van der Waals surface area contributed by atoms with Gasteiger partial charge in [0.15, 0.2) is 5.82 Å². The fourth-order valence-electron chi connectivity index (χ4n) is 3.29. The van der Waals surface area contributed by atoms with Gasteiger partial charge in [-0.1, -0.05) is 0 Å². The van der Waals surface area contributed by atoms with Crippen molar-refractivity contribution in [2.24, 2.45) is 0 Å². The van der Waals surface area contributed by atoms with Crippen LogP contribution in [0.4, 0.5) is 11.5 Å². The van der Waals surface area contributed by atoms with Crippen molar-refractivity contribution in [3.05, 3.63) is 45.6 Å². The maximum absolute atomic E-state index is 10.8. The summed E-state index contributed by atoms with van der Waals surface area (Å²) in [6.07, 6.45) is 0. The number of non-ortho nitro benzene ring substituents is 1. The summed E-state index contributed by atoms with van der Waals surface area (Å²) in [6, 6.07) is 6.63. The summed E-state index contributed by atoms with van der Waals surface area (Å²) >= 11 is 0. The summed E-state index contributed by atoms with van der Waals surface area (Å²) in [4.78, 5) is 22.2. The Balaban J connectivity index is 1.76. The van der Waals surface area contributed by atoms with Gasteiger partial charge in [-0.05, 0) is 19.1 Å².